The van der Waals surface area contributed by atoms with Gasteiger partial charge in [-0.25, -0.2) is 4.79 Å². The van der Waals surface area contributed by atoms with Crippen LogP contribution in [0.5, 0.6) is 0 Å². The van der Waals surface area contributed by atoms with Gasteiger partial charge in [0.25, 0.3) is 0 Å². The number of carbonyl (C=O) groups is 2. The van der Waals surface area contributed by atoms with Crippen molar-refractivity contribution in [3.8, 4) is 0 Å². The topological polar surface area (TPSA) is 102 Å². The summed E-state index contributed by atoms with van der Waals surface area (Å²) < 4.78 is 5.14. The molecule has 22 heavy (non-hydrogen) atoms. The van der Waals surface area contributed by atoms with Crippen molar-refractivity contribution in [1.82, 2.24) is 5.32 Å². The van der Waals surface area contributed by atoms with E-state index in [2.05, 4.69) is 5.32 Å². The number of aryl methyl sites for hydroxylation is 1. The summed E-state index contributed by atoms with van der Waals surface area (Å²) in [6, 6.07) is 8.76. The van der Waals surface area contributed by atoms with Crippen molar-refractivity contribution in [1.29, 1.82) is 0 Å². The second-order valence-electron chi connectivity index (χ2n) is 6.12. The SMILES string of the molecule is CC(C)(C)OC(=O)NC(CCc1ccccc1)C(O)C(N)=O. The van der Waals surface area contributed by atoms with E-state index in [9.17, 15) is 14.7 Å². The number of carbonyl (C=O) groups excluding carboxylic acids is 2. The van der Waals surface area contributed by atoms with Crippen molar-refractivity contribution in [2.75, 3.05) is 0 Å². The first kappa shape index (κ1) is 18.0. The van der Waals surface area contributed by atoms with Gasteiger partial charge >= 0.3 is 6.09 Å². The van der Waals surface area contributed by atoms with Gasteiger partial charge in [0, 0.05) is 0 Å². The van der Waals surface area contributed by atoms with Crippen molar-refractivity contribution in [2.45, 2.75) is 51.4 Å². The van der Waals surface area contributed by atoms with Gasteiger partial charge in [-0.15, -0.1) is 0 Å². The van der Waals surface area contributed by atoms with Gasteiger partial charge in [-0.05, 0) is 39.2 Å². The van der Waals surface area contributed by atoms with E-state index in [1.54, 1.807) is 20.8 Å². The Kier molecular flexibility index (Phi) is 6.37. The minimum atomic E-state index is -1.46. The van der Waals surface area contributed by atoms with E-state index in [-0.39, 0.29) is 0 Å². The highest BCUT2D eigenvalue weighted by atomic mass is 16.6. The average Bonchev–Trinajstić information content (AvgIpc) is 2.41. The Balaban J connectivity index is 2.68. The van der Waals surface area contributed by atoms with Crippen LogP contribution in [0.15, 0.2) is 30.3 Å². The van der Waals surface area contributed by atoms with Gasteiger partial charge < -0.3 is 20.9 Å². The van der Waals surface area contributed by atoms with E-state index < -0.39 is 29.7 Å². The molecule has 1 aromatic rings. The first-order valence-corrected chi connectivity index (χ1v) is 7.20. The van der Waals surface area contributed by atoms with Gasteiger partial charge in [0.1, 0.15) is 5.60 Å². The van der Waals surface area contributed by atoms with E-state index in [0.29, 0.717) is 12.8 Å². The number of rotatable bonds is 6. The molecule has 0 bridgehead atoms. The molecule has 0 aliphatic heterocycles. The van der Waals surface area contributed by atoms with Crippen LogP contribution >= 0.6 is 0 Å². The lowest BCUT2D eigenvalue weighted by Gasteiger charge is -2.25. The Morgan fingerprint density at radius 1 is 1.27 bits per heavy atom. The molecule has 6 nitrogen and oxygen atoms in total. The van der Waals surface area contributed by atoms with Gasteiger partial charge in [0.05, 0.1) is 6.04 Å². The van der Waals surface area contributed by atoms with Crippen molar-refractivity contribution in [3.63, 3.8) is 0 Å². The lowest BCUT2D eigenvalue weighted by Crippen LogP contribution is -2.50. The van der Waals surface area contributed by atoms with E-state index in [0.717, 1.165) is 5.56 Å². The number of hydrogen-bond donors (Lipinski definition) is 3. The molecular formula is C16H24N2O4. The predicted octanol–water partition coefficient (Wildman–Crippen LogP) is 1.36. The van der Waals surface area contributed by atoms with Gasteiger partial charge in [0.15, 0.2) is 6.10 Å². The zero-order chi connectivity index (χ0) is 16.8. The fraction of sp³-hybridized carbons (Fsp3) is 0.500. The average molecular weight is 308 g/mol. The van der Waals surface area contributed by atoms with Gasteiger partial charge in [-0.1, -0.05) is 30.3 Å². The Morgan fingerprint density at radius 3 is 2.36 bits per heavy atom. The van der Waals surface area contributed by atoms with Crippen molar-refractivity contribution in [3.05, 3.63) is 35.9 Å². The maximum Gasteiger partial charge on any atom is 0.407 e. The van der Waals surface area contributed by atoms with Crippen molar-refractivity contribution < 1.29 is 19.4 Å². The fourth-order valence-corrected chi connectivity index (χ4v) is 1.93. The summed E-state index contributed by atoms with van der Waals surface area (Å²) in [4.78, 5) is 23.0. The third-order valence-corrected chi connectivity index (χ3v) is 2.96. The third-order valence-electron chi connectivity index (χ3n) is 2.96. The molecule has 0 saturated carbocycles. The molecule has 0 aliphatic carbocycles. The Bertz CT molecular complexity index is 497. The second-order valence-corrected chi connectivity index (χ2v) is 6.12. The summed E-state index contributed by atoms with van der Waals surface area (Å²) in [5.41, 5.74) is 5.50. The first-order valence-electron chi connectivity index (χ1n) is 7.20. The monoisotopic (exact) mass is 308 g/mol. The molecule has 2 unspecified atom stereocenters. The highest BCUT2D eigenvalue weighted by molar-refractivity contribution is 5.80. The number of ether oxygens (including phenoxy) is 1. The van der Waals surface area contributed by atoms with Crippen LogP contribution < -0.4 is 11.1 Å². The van der Waals surface area contributed by atoms with Crippen molar-refractivity contribution in [2.24, 2.45) is 5.73 Å². The van der Waals surface area contributed by atoms with Crippen LogP contribution in [-0.2, 0) is 16.0 Å². The van der Waals surface area contributed by atoms with Crippen LogP contribution in [0.25, 0.3) is 0 Å². The summed E-state index contributed by atoms with van der Waals surface area (Å²) in [5.74, 6) is -0.880. The Hall–Kier alpha value is -2.08. The lowest BCUT2D eigenvalue weighted by molar-refractivity contribution is -0.127. The maximum atomic E-state index is 11.8. The summed E-state index contributed by atoms with van der Waals surface area (Å²) in [7, 11) is 0. The largest absolute Gasteiger partial charge is 0.444 e. The Morgan fingerprint density at radius 2 is 1.86 bits per heavy atom. The number of aliphatic hydroxyl groups is 1. The quantitative estimate of drug-likeness (QED) is 0.738. The van der Waals surface area contributed by atoms with Gasteiger partial charge in [-0.3, -0.25) is 4.79 Å². The number of benzene rings is 1. The number of nitrogens with two attached hydrogens (primary N) is 1. The van der Waals surface area contributed by atoms with E-state index in [4.69, 9.17) is 10.5 Å². The summed E-state index contributed by atoms with van der Waals surface area (Å²) in [5, 5.41) is 12.4. The molecule has 0 heterocycles. The molecule has 4 N–H and O–H groups in total. The van der Waals surface area contributed by atoms with Crippen LogP contribution in [0, 0.1) is 0 Å². The molecule has 1 rings (SSSR count). The number of nitrogens with one attached hydrogen (secondary N) is 1. The normalized spacial score (nSPS) is 14.0. The molecule has 122 valence electrons. The minimum Gasteiger partial charge on any atom is -0.444 e. The standard InChI is InChI=1S/C16H24N2O4/c1-16(2,3)22-15(21)18-12(13(19)14(17)20)10-9-11-7-5-4-6-8-11/h4-8,12-13,19H,9-10H2,1-3H3,(H2,17,20)(H,18,21). The van der Waals surface area contributed by atoms with E-state index >= 15 is 0 Å². The highest BCUT2D eigenvalue weighted by Crippen LogP contribution is 2.11. The molecule has 0 radical (unpaired) electrons. The number of aliphatic hydroxyl groups excluding tert-OH is 1. The Labute approximate surface area is 130 Å². The molecular weight excluding hydrogens is 284 g/mol. The zero-order valence-electron chi connectivity index (χ0n) is 13.2. The fourth-order valence-electron chi connectivity index (χ4n) is 1.93. The second kappa shape index (κ2) is 7.79. The zero-order valence-corrected chi connectivity index (χ0v) is 13.2. The number of primary amides is 1. The molecule has 0 aliphatic rings. The summed E-state index contributed by atoms with van der Waals surface area (Å²) in [6.45, 7) is 5.20. The molecule has 0 fully saturated rings. The smallest absolute Gasteiger partial charge is 0.407 e. The summed E-state index contributed by atoms with van der Waals surface area (Å²) >= 11 is 0. The van der Waals surface area contributed by atoms with Crippen LogP contribution in [0.2, 0.25) is 0 Å². The van der Waals surface area contributed by atoms with Gasteiger partial charge in [0.2, 0.25) is 5.91 Å². The third kappa shape index (κ3) is 6.58. The molecule has 6 heteroatoms. The molecule has 0 saturated heterocycles. The molecule has 2 atom stereocenters. The van der Waals surface area contributed by atoms with Crippen LogP contribution in [0.3, 0.4) is 0 Å². The van der Waals surface area contributed by atoms with E-state index in [1.807, 2.05) is 30.3 Å². The highest BCUT2D eigenvalue weighted by Gasteiger charge is 2.27. The minimum absolute atomic E-state index is 0.368. The summed E-state index contributed by atoms with van der Waals surface area (Å²) in [6.07, 6.45) is -1.19. The predicted molar refractivity (Wildman–Crippen MR) is 83.1 cm³/mol. The lowest BCUT2D eigenvalue weighted by atomic mass is 10.0. The van der Waals surface area contributed by atoms with Gasteiger partial charge in [-0.2, -0.15) is 0 Å². The number of hydrogen-bond acceptors (Lipinski definition) is 4. The maximum absolute atomic E-state index is 11.8. The van der Waals surface area contributed by atoms with Crippen LogP contribution in [0.1, 0.15) is 32.8 Å². The number of amides is 2. The molecule has 2 amide bonds. The van der Waals surface area contributed by atoms with Crippen molar-refractivity contribution >= 4 is 12.0 Å². The van der Waals surface area contributed by atoms with E-state index in [1.165, 1.54) is 0 Å². The van der Waals surface area contributed by atoms with Crippen LogP contribution in [-0.4, -0.2) is 34.9 Å². The first-order chi connectivity index (χ1) is 10.2. The molecule has 1 aromatic carbocycles. The molecule has 0 spiro atoms. The molecule has 0 aromatic heterocycles. The number of alkyl carbamates (subject to hydrolysis) is 1. The van der Waals surface area contributed by atoms with Crippen LogP contribution in [0.4, 0.5) is 4.79 Å².